The van der Waals surface area contributed by atoms with Crippen LogP contribution in [0.4, 0.5) is 14.9 Å². The molecule has 3 amide bonds. The third-order valence-corrected chi connectivity index (χ3v) is 3.34. The van der Waals surface area contributed by atoms with Crippen LogP contribution in [0.3, 0.4) is 0 Å². The summed E-state index contributed by atoms with van der Waals surface area (Å²) in [7, 11) is 1.53. The number of anilines is 1. The summed E-state index contributed by atoms with van der Waals surface area (Å²) >= 11 is 5.68. The van der Waals surface area contributed by atoms with Gasteiger partial charge in [0.1, 0.15) is 5.82 Å². The number of rotatable bonds is 4. The van der Waals surface area contributed by atoms with Crippen molar-refractivity contribution in [1.29, 1.82) is 0 Å². The third-order valence-electron chi connectivity index (χ3n) is 3.05. The monoisotopic (exact) mass is 335 g/mol. The lowest BCUT2D eigenvalue weighted by Crippen LogP contribution is -2.28. The maximum atomic E-state index is 13.1. The van der Waals surface area contributed by atoms with Crippen LogP contribution in [-0.4, -0.2) is 19.0 Å². The number of urea groups is 1. The molecule has 0 unspecified atom stereocenters. The van der Waals surface area contributed by atoms with Gasteiger partial charge in [-0.1, -0.05) is 23.7 Å². The zero-order valence-corrected chi connectivity index (χ0v) is 13.1. The summed E-state index contributed by atoms with van der Waals surface area (Å²) in [5.74, 6) is -0.749. The highest BCUT2D eigenvalue weighted by Gasteiger charge is 2.07. The van der Waals surface area contributed by atoms with Crippen molar-refractivity contribution in [3.05, 3.63) is 64.4 Å². The van der Waals surface area contributed by atoms with Crippen molar-refractivity contribution in [3.8, 4) is 0 Å². The first-order valence-electron chi connectivity index (χ1n) is 6.80. The number of carbonyl (C=O) groups is 2. The molecule has 0 aliphatic carbocycles. The van der Waals surface area contributed by atoms with Crippen molar-refractivity contribution in [2.45, 2.75) is 6.54 Å². The van der Waals surface area contributed by atoms with Gasteiger partial charge in [-0.2, -0.15) is 0 Å². The van der Waals surface area contributed by atoms with Crippen LogP contribution in [0.5, 0.6) is 0 Å². The molecule has 0 saturated carbocycles. The molecule has 0 fully saturated rings. The Kier molecular flexibility index (Phi) is 5.54. The molecule has 0 heterocycles. The molecule has 0 atom stereocenters. The molecule has 0 aliphatic rings. The number of halogens is 2. The number of amides is 3. The first kappa shape index (κ1) is 16.8. The molecule has 0 aromatic heterocycles. The second kappa shape index (κ2) is 7.60. The zero-order chi connectivity index (χ0) is 16.8. The minimum atomic E-state index is -0.508. The molecule has 0 spiro atoms. The Bertz CT molecular complexity index is 737. The first-order chi connectivity index (χ1) is 11.0. The van der Waals surface area contributed by atoms with Crippen LogP contribution in [0.1, 0.15) is 15.9 Å². The molecule has 0 aliphatic heterocycles. The van der Waals surface area contributed by atoms with Crippen molar-refractivity contribution in [2.75, 3.05) is 12.4 Å². The first-order valence-corrected chi connectivity index (χ1v) is 7.18. The van der Waals surface area contributed by atoms with E-state index in [2.05, 4.69) is 16.0 Å². The summed E-state index contributed by atoms with van der Waals surface area (Å²) in [5.41, 5.74) is 1.60. The smallest absolute Gasteiger partial charge is 0.319 e. The highest BCUT2D eigenvalue weighted by molar-refractivity contribution is 6.30. The SMILES string of the molecule is CNC(=O)c1cccc(NC(=O)NCc2ccc(F)c(Cl)c2)c1. The summed E-state index contributed by atoms with van der Waals surface area (Å²) in [6, 6.07) is 10.3. The molecule has 0 radical (unpaired) electrons. The van der Waals surface area contributed by atoms with E-state index in [-0.39, 0.29) is 17.5 Å². The number of nitrogens with one attached hydrogen (secondary N) is 3. The van der Waals surface area contributed by atoms with Crippen LogP contribution in [0.2, 0.25) is 5.02 Å². The van der Waals surface area contributed by atoms with Crippen molar-refractivity contribution < 1.29 is 14.0 Å². The minimum Gasteiger partial charge on any atom is -0.355 e. The number of hydrogen-bond donors (Lipinski definition) is 3. The average molecular weight is 336 g/mol. The van der Waals surface area contributed by atoms with E-state index in [1.54, 1.807) is 24.3 Å². The molecular weight excluding hydrogens is 321 g/mol. The highest BCUT2D eigenvalue weighted by atomic mass is 35.5. The van der Waals surface area contributed by atoms with Gasteiger partial charge in [-0.05, 0) is 35.9 Å². The number of carbonyl (C=O) groups excluding carboxylic acids is 2. The lowest BCUT2D eigenvalue weighted by Gasteiger charge is -2.09. The van der Waals surface area contributed by atoms with Crippen LogP contribution < -0.4 is 16.0 Å². The molecule has 23 heavy (non-hydrogen) atoms. The van der Waals surface area contributed by atoms with Gasteiger partial charge < -0.3 is 16.0 Å². The van der Waals surface area contributed by atoms with E-state index in [0.29, 0.717) is 16.8 Å². The summed E-state index contributed by atoms with van der Waals surface area (Å²) in [6.07, 6.45) is 0. The normalized spacial score (nSPS) is 10.0. The second-order valence-electron chi connectivity index (χ2n) is 4.72. The van der Waals surface area contributed by atoms with E-state index < -0.39 is 11.8 Å². The van der Waals surface area contributed by atoms with Gasteiger partial charge in [-0.15, -0.1) is 0 Å². The topological polar surface area (TPSA) is 70.2 Å². The van der Waals surface area contributed by atoms with E-state index in [1.165, 1.54) is 25.2 Å². The summed E-state index contributed by atoms with van der Waals surface area (Å²) in [6.45, 7) is 0.195. The van der Waals surface area contributed by atoms with Crippen molar-refractivity contribution in [2.24, 2.45) is 0 Å². The lowest BCUT2D eigenvalue weighted by molar-refractivity contribution is 0.0963. The molecule has 0 saturated heterocycles. The molecule has 2 aromatic rings. The fourth-order valence-electron chi connectivity index (χ4n) is 1.89. The maximum Gasteiger partial charge on any atom is 0.319 e. The standard InChI is InChI=1S/C16H15ClFN3O2/c1-19-15(22)11-3-2-4-12(8-11)21-16(23)20-9-10-5-6-14(18)13(17)7-10/h2-8H,9H2,1H3,(H,19,22)(H2,20,21,23). The molecule has 7 heteroatoms. The van der Waals surface area contributed by atoms with E-state index in [4.69, 9.17) is 11.6 Å². The Morgan fingerprint density at radius 2 is 1.96 bits per heavy atom. The Morgan fingerprint density at radius 3 is 2.65 bits per heavy atom. The van der Waals surface area contributed by atoms with Gasteiger partial charge in [0.25, 0.3) is 5.91 Å². The highest BCUT2D eigenvalue weighted by Crippen LogP contribution is 2.16. The van der Waals surface area contributed by atoms with Crippen LogP contribution in [-0.2, 0) is 6.54 Å². The Morgan fingerprint density at radius 1 is 1.17 bits per heavy atom. The Hall–Kier alpha value is -2.60. The van der Waals surface area contributed by atoms with Gasteiger partial charge in [-0.25, -0.2) is 9.18 Å². The van der Waals surface area contributed by atoms with Gasteiger partial charge in [0.05, 0.1) is 5.02 Å². The van der Waals surface area contributed by atoms with Crippen LogP contribution in [0.15, 0.2) is 42.5 Å². The van der Waals surface area contributed by atoms with Crippen LogP contribution in [0, 0.1) is 5.82 Å². The van der Waals surface area contributed by atoms with E-state index >= 15 is 0 Å². The van der Waals surface area contributed by atoms with Gasteiger partial charge in [0, 0.05) is 24.8 Å². The summed E-state index contributed by atoms with van der Waals surface area (Å²) in [5, 5.41) is 7.76. The third kappa shape index (κ3) is 4.69. The molecular formula is C16H15ClFN3O2. The summed E-state index contributed by atoms with van der Waals surface area (Å²) < 4.78 is 13.1. The maximum absolute atomic E-state index is 13.1. The fourth-order valence-corrected chi connectivity index (χ4v) is 2.09. The van der Waals surface area contributed by atoms with Gasteiger partial charge in [-0.3, -0.25) is 4.79 Å². The largest absolute Gasteiger partial charge is 0.355 e. The van der Waals surface area contributed by atoms with Gasteiger partial charge >= 0.3 is 6.03 Å². The minimum absolute atomic E-state index is 0.00277. The Labute approximate surface area is 137 Å². The molecule has 2 rings (SSSR count). The van der Waals surface area contributed by atoms with Gasteiger partial charge in [0.15, 0.2) is 0 Å². The summed E-state index contributed by atoms with van der Waals surface area (Å²) in [4.78, 5) is 23.4. The van der Waals surface area contributed by atoms with Crippen molar-refractivity contribution in [1.82, 2.24) is 10.6 Å². The fraction of sp³-hybridized carbons (Fsp3) is 0.125. The molecule has 5 nitrogen and oxygen atoms in total. The van der Waals surface area contributed by atoms with Gasteiger partial charge in [0.2, 0.25) is 0 Å². The van der Waals surface area contributed by atoms with Crippen LogP contribution in [0.25, 0.3) is 0 Å². The molecule has 2 aromatic carbocycles. The van der Waals surface area contributed by atoms with E-state index in [1.807, 2.05) is 0 Å². The molecule has 3 N–H and O–H groups in total. The number of hydrogen-bond acceptors (Lipinski definition) is 2. The van der Waals surface area contributed by atoms with E-state index in [0.717, 1.165) is 0 Å². The van der Waals surface area contributed by atoms with E-state index in [9.17, 15) is 14.0 Å². The predicted octanol–water partition coefficient (Wildman–Crippen LogP) is 3.16. The predicted molar refractivity (Wildman–Crippen MR) is 87.1 cm³/mol. The molecule has 120 valence electrons. The average Bonchev–Trinajstić information content (AvgIpc) is 2.55. The second-order valence-corrected chi connectivity index (χ2v) is 5.12. The van der Waals surface area contributed by atoms with Crippen molar-refractivity contribution in [3.63, 3.8) is 0 Å². The molecule has 0 bridgehead atoms. The zero-order valence-electron chi connectivity index (χ0n) is 12.3. The lowest BCUT2D eigenvalue weighted by atomic mass is 10.2. The number of benzene rings is 2. The Balaban J connectivity index is 1.94. The quantitative estimate of drug-likeness (QED) is 0.803. The van der Waals surface area contributed by atoms with Crippen LogP contribution >= 0.6 is 11.6 Å². The van der Waals surface area contributed by atoms with Crippen molar-refractivity contribution >= 4 is 29.2 Å².